The summed E-state index contributed by atoms with van der Waals surface area (Å²) in [5, 5.41) is 9.24. The fourth-order valence-electron chi connectivity index (χ4n) is 2.48. The molecule has 24 heavy (non-hydrogen) atoms. The smallest absolute Gasteiger partial charge is 0.258 e. The fourth-order valence-corrected chi connectivity index (χ4v) is 2.48. The van der Waals surface area contributed by atoms with Crippen molar-refractivity contribution in [3.8, 4) is 5.75 Å². The van der Waals surface area contributed by atoms with Crippen LogP contribution in [0.1, 0.15) is 19.9 Å². The summed E-state index contributed by atoms with van der Waals surface area (Å²) < 4.78 is 7.32. The van der Waals surface area contributed by atoms with Crippen LogP contribution < -0.4 is 10.1 Å². The van der Waals surface area contributed by atoms with E-state index in [9.17, 15) is 4.79 Å². The van der Waals surface area contributed by atoms with Crippen molar-refractivity contribution in [2.75, 3.05) is 6.61 Å². The van der Waals surface area contributed by atoms with Crippen LogP contribution >= 0.6 is 0 Å². The summed E-state index contributed by atoms with van der Waals surface area (Å²) >= 11 is 0. The van der Waals surface area contributed by atoms with Gasteiger partial charge in [-0.05, 0) is 36.8 Å². The zero-order chi connectivity index (χ0) is 16.9. The molecule has 1 heterocycles. The van der Waals surface area contributed by atoms with E-state index in [0.717, 1.165) is 10.8 Å². The van der Waals surface area contributed by atoms with Gasteiger partial charge in [0.15, 0.2) is 6.61 Å². The van der Waals surface area contributed by atoms with Gasteiger partial charge in [0.1, 0.15) is 18.4 Å². The second-order valence-electron chi connectivity index (χ2n) is 5.77. The standard InChI is InChI=1S/C18H20N4O2/c1-13(14(2)22-12-19-11-20-22)21-18(23)10-24-17-8-7-15-5-3-4-6-16(15)9-17/h3-9,11-14H,10H2,1-2H3,(H,21,23)/t13-,14-/m1/s1. The third-order valence-corrected chi connectivity index (χ3v) is 4.06. The fraction of sp³-hybridized carbons (Fsp3) is 0.278. The van der Waals surface area contributed by atoms with Gasteiger partial charge in [0.2, 0.25) is 0 Å². The van der Waals surface area contributed by atoms with Gasteiger partial charge in [0.25, 0.3) is 5.91 Å². The second kappa shape index (κ2) is 7.12. The molecule has 6 nitrogen and oxygen atoms in total. The van der Waals surface area contributed by atoms with Crippen LogP contribution in [0.3, 0.4) is 0 Å². The van der Waals surface area contributed by atoms with Gasteiger partial charge in [-0.3, -0.25) is 4.79 Å². The molecule has 0 bridgehead atoms. The van der Waals surface area contributed by atoms with E-state index >= 15 is 0 Å². The van der Waals surface area contributed by atoms with Gasteiger partial charge in [-0.25, -0.2) is 9.67 Å². The van der Waals surface area contributed by atoms with Gasteiger partial charge in [0, 0.05) is 6.04 Å². The maximum absolute atomic E-state index is 12.1. The Labute approximate surface area is 140 Å². The van der Waals surface area contributed by atoms with Gasteiger partial charge < -0.3 is 10.1 Å². The summed E-state index contributed by atoms with van der Waals surface area (Å²) in [6.45, 7) is 3.89. The average molecular weight is 324 g/mol. The number of nitrogens with one attached hydrogen (secondary N) is 1. The van der Waals surface area contributed by atoms with Crippen LogP contribution in [0.25, 0.3) is 10.8 Å². The number of fused-ring (bicyclic) bond motifs is 1. The number of hydrogen-bond donors (Lipinski definition) is 1. The molecule has 0 saturated carbocycles. The van der Waals surface area contributed by atoms with Crippen LogP contribution in [0, 0.1) is 0 Å². The van der Waals surface area contributed by atoms with E-state index < -0.39 is 0 Å². The van der Waals surface area contributed by atoms with E-state index in [0.29, 0.717) is 5.75 Å². The molecule has 0 aliphatic rings. The number of ether oxygens (including phenoxy) is 1. The maximum Gasteiger partial charge on any atom is 0.258 e. The minimum atomic E-state index is -0.164. The first-order valence-corrected chi connectivity index (χ1v) is 7.88. The number of amides is 1. The molecule has 0 saturated heterocycles. The summed E-state index contributed by atoms with van der Waals surface area (Å²) in [6.07, 6.45) is 3.12. The Kier molecular flexibility index (Phi) is 4.74. The van der Waals surface area contributed by atoms with Crippen LogP contribution in [0.4, 0.5) is 0 Å². The summed E-state index contributed by atoms with van der Waals surface area (Å²) in [7, 11) is 0. The third-order valence-electron chi connectivity index (χ3n) is 4.06. The summed E-state index contributed by atoms with van der Waals surface area (Å²) in [5.74, 6) is 0.517. The molecule has 6 heteroatoms. The summed E-state index contributed by atoms with van der Waals surface area (Å²) in [4.78, 5) is 16.0. The van der Waals surface area contributed by atoms with Crippen molar-refractivity contribution in [3.05, 3.63) is 55.1 Å². The molecule has 1 amide bonds. The minimum Gasteiger partial charge on any atom is -0.484 e. The van der Waals surface area contributed by atoms with Crippen molar-refractivity contribution < 1.29 is 9.53 Å². The molecule has 0 fully saturated rings. The van der Waals surface area contributed by atoms with E-state index in [-0.39, 0.29) is 24.6 Å². The van der Waals surface area contributed by atoms with Crippen LogP contribution in [-0.2, 0) is 4.79 Å². The summed E-state index contributed by atoms with van der Waals surface area (Å²) in [6, 6.07) is 13.7. The quantitative estimate of drug-likeness (QED) is 0.756. The Morgan fingerprint density at radius 2 is 2.00 bits per heavy atom. The lowest BCUT2D eigenvalue weighted by Crippen LogP contribution is -2.40. The molecule has 3 aromatic rings. The van der Waals surface area contributed by atoms with Crippen LogP contribution in [-0.4, -0.2) is 33.3 Å². The third kappa shape index (κ3) is 3.71. The highest BCUT2D eigenvalue weighted by Crippen LogP contribution is 2.20. The average Bonchev–Trinajstić information content (AvgIpc) is 3.13. The van der Waals surface area contributed by atoms with Crippen LogP contribution in [0.15, 0.2) is 55.1 Å². The van der Waals surface area contributed by atoms with Gasteiger partial charge in [-0.15, -0.1) is 0 Å². The monoisotopic (exact) mass is 324 g/mol. The Balaban J connectivity index is 1.54. The first-order valence-electron chi connectivity index (χ1n) is 7.88. The zero-order valence-corrected chi connectivity index (χ0v) is 13.7. The molecular weight excluding hydrogens is 304 g/mol. The molecular formula is C18H20N4O2. The van der Waals surface area contributed by atoms with Gasteiger partial charge in [-0.2, -0.15) is 5.10 Å². The largest absolute Gasteiger partial charge is 0.484 e. The number of benzene rings is 2. The topological polar surface area (TPSA) is 69.0 Å². The van der Waals surface area contributed by atoms with Gasteiger partial charge in [-0.1, -0.05) is 30.3 Å². The normalized spacial score (nSPS) is 13.4. The molecule has 124 valence electrons. The Hall–Kier alpha value is -2.89. The minimum absolute atomic E-state index is 0.0112. The van der Waals surface area contributed by atoms with Crippen molar-refractivity contribution in [1.82, 2.24) is 20.1 Å². The predicted octanol–water partition coefficient (Wildman–Crippen LogP) is 2.58. The maximum atomic E-state index is 12.1. The van der Waals surface area contributed by atoms with E-state index in [1.54, 1.807) is 11.0 Å². The van der Waals surface area contributed by atoms with Crippen molar-refractivity contribution in [1.29, 1.82) is 0 Å². The van der Waals surface area contributed by atoms with E-state index in [1.165, 1.54) is 6.33 Å². The van der Waals surface area contributed by atoms with Crippen LogP contribution in [0.5, 0.6) is 5.75 Å². The first-order chi connectivity index (χ1) is 11.6. The number of nitrogens with zero attached hydrogens (tertiary/aromatic N) is 3. The zero-order valence-electron chi connectivity index (χ0n) is 13.7. The Morgan fingerprint density at radius 1 is 1.21 bits per heavy atom. The number of rotatable bonds is 6. The lowest BCUT2D eigenvalue weighted by Gasteiger charge is -2.21. The number of hydrogen-bond acceptors (Lipinski definition) is 4. The molecule has 0 unspecified atom stereocenters. The molecule has 0 aliphatic carbocycles. The van der Waals surface area contributed by atoms with Crippen molar-refractivity contribution in [2.24, 2.45) is 0 Å². The highest BCUT2D eigenvalue weighted by molar-refractivity contribution is 5.84. The number of aromatic nitrogens is 3. The van der Waals surface area contributed by atoms with E-state index in [1.807, 2.05) is 56.3 Å². The molecule has 0 aliphatic heterocycles. The number of carbonyl (C=O) groups is 1. The molecule has 1 aromatic heterocycles. The van der Waals surface area contributed by atoms with Gasteiger partial charge in [0.05, 0.1) is 6.04 Å². The molecule has 0 spiro atoms. The molecule has 3 rings (SSSR count). The van der Waals surface area contributed by atoms with Crippen molar-refractivity contribution in [2.45, 2.75) is 25.9 Å². The van der Waals surface area contributed by atoms with E-state index in [4.69, 9.17) is 4.74 Å². The lowest BCUT2D eigenvalue weighted by molar-refractivity contribution is -0.124. The molecule has 2 aromatic carbocycles. The highest BCUT2D eigenvalue weighted by Gasteiger charge is 2.17. The highest BCUT2D eigenvalue weighted by atomic mass is 16.5. The SMILES string of the molecule is C[C@H]([C@@H](C)NC(=O)COc1ccc2ccccc2c1)n1cncn1. The van der Waals surface area contributed by atoms with Crippen LogP contribution in [0.2, 0.25) is 0 Å². The van der Waals surface area contributed by atoms with Gasteiger partial charge >= 0.3 is 0 Å². The number of carbonyl (C=O) groups excluding carboxylic acids is 1. The molecule has 1 N–H and O–H groups in total. The van der Waals surface area contributed by atoms with Crippen molar-refractivity contribution >= 4 is 16.7 Å². The van der Waals surface area contributed by atoms with Crippen molar-refractivity contribution in [3.63, 3.8) is 0 Å². The summed E-state index contributed by atoms with van der Waals surface area (Å²) in [5.41, 5.74) is 0. The molecule has 0 radical (unpaired) electrons. The first kappa shape index (κ1) is 16.0. The Bertz CT molecular complexity index is 817. The molecule has 2 atom stereocenters. The lowest BCUT2D eigenvalue weighted by atomic mass is 10.1. The second-order valence-corrected chi connectivity index (χ2v) is 5.77. The van der Waals surface area contributed by atoms with E-state index in [2.05, 4.69) is 15.4 Å². The predicted molar refractivity (Wildman–Crippen MR) is 91.8 cm³/mol. The Morgan fingerprint density at radius 3 is 2.75 bits per heavy atom.